The van der Waals surface area contributed by atoms with Crippen molar-refractivity contribution in [3.8, 4) is 0 Å². The van der Waals surface area contributed by atoms with Gasteiger partial charge in [0.15, 0.2) is 0 Å². The molecule has 1 aromatic rings. The third-order valence-corrected chi connectivity index (χ3v) is 5.61. The van der Waals surface area contributed by atoms with Crippen LogP contribution in [0.1, 0.15) is 57.1 Å². The van der Waals surface area contributed by atoms with E-state index in [1.54, 1.807) is 6.20 Å². The first-order valence-electron chi connectivity index (χ1n) is 9.75. The van der Waals surface area contributed by atoms with Crippen LogP contribution in [0.15, 0.2) is 12.3 Å². The van der Waals surface area contributed by atoms with Gasteiger partial charge in [-0.15, -0.1) is 0 Å². The maximum atomic E-state index is 12.9. The van der Waals surface area contributed by atoms with Crippen LogP contribution in [0.3, 0.4) is 0 Å². The molecule has 2 atom stereocenters. The number of aliphatic hydroxyl groups is 1. The van der Waals surface area contributed by atoms with E-state index in [1.165, 1.54) is 5.69 Å². The third-order valence-electron chi connectivity index (χ3n) is 5.61. The van der Waals surface area contributed by atoms with Gasteiger partial charge in [0.25, 0.3) is 0 Å². The van der Waals surface area contributed by atoms with Crippen molar-refractivity contribution >= 4 is 5.91 Å². The van der Waals surface area contributed by atoms with Gasteiger partial charge in [-0.25, -0.2) is 0 Å². The highest BCUT2D eigenvalue weighted by atomic mass is 16.5. The predicted molar refractivity (Wildman–Crippen MR) is 95.2 cm³/mol. The Hall–Kier alpha value is -1.40. The first-order chi connectivity index (χ1) is 12.2. The summed E-state index contributed by atoms with van der Waals surface area (Å²) in [6.07, 6.45) is 7.93. The lowest BCUT2D eigenvalue weighted by atomic mass is 9.89. The Bertz CT molecular complexity index is 550. The molecule has 0 spiro atoms. The lowest BCUT2D eigenvalue weighted by Gasteiger charge is -2.36. The van der Waals surface area contributed by atoms with Gasteiger partial charge in [-0.3, -0.25) is 9.48 Å². The van der Waals surface area contributed by atoms with E-state index in [9.17, 15) is 4.79 Å². The summed E-state index contributed by atoms with van der Waals surface area (Å²) in [6, 6.07) is 2.05. The topological polar surface area (TPSA) is 67.6 Å². The predicted octanol–water partition coefficient (Wildman–Crippen LogP) is 2.18. The molecule has 1 amide bonds. The van der Waals surface area contributed by atoms with Gasteiger partial charge in [0.2, 0.25) is 5.91 Å². The summed E-state index contributed by atoms with van der Waals surface area (Å²) >= 11 is 0. The second kappa shape index (κ2) is 8.81. The van der Waals surface area contributed by atoms with Crippen LogP contribution in [0.2, 0.25) is 0 Å². The van der Waals surface area contributed by atoms with Gasteiger partial charge in [-0.05, 0) is 38.2 Å². The highest BCUT2D eigenvalue weighted by molar-refractivity contribution is 5.79. The average molecular weight is 349 g/mol. The Morgan fingerprint density at radius 1 is 1.36 bits per heavy atom. The summed E-state index contributed by atoms with van der Waals surface area (Å²) in [5.41, 5.74) is 1.19. The number of hydrogen-bond donors (Lipinski definition) is 1. The molecule has 2 saturated heterocycles. The van der Waals surface area contributed by atoms with Gasteiger partial charge in [0.05, 0.1) is 19.3 Å². The quantitative estimate of drug-likeness (QED) is 0.855. The lowest BCUT2D eigenvalue weighted by Crippen LogP contribution is -2.44. The molecule has 1 aromatic heterocycles. The molecular formula is C19H31N3O3. The molecular weight excluding hydrogens is 318 g/mol. The number of aromatic nitrogens is 2. The van der Waals surface area contributed by atoms with Crippen molar-refractivity contribution in [2.24, 2.45) is 5.92 Å². The van der Waals surface area contributed by atoms with Gasteiger partial charge in [-0.1, -0.05) is 13.3 Å². The Balaban J connectivity index is 1.53. The molecule has 0 saturated carbocycles. The van der Waals surface area contributed by atoms with Crippen LogP contribution < -0.4 is 0 Å². The molecule has 2 aliphatic rings. The number of carbonyl (C=O) groups excluding carboxylic acids is 1. The third kappa shape index (κ3) is 4.42. The van der Waals surface area contributed by atoms with Crippen LogP contribution in [0.4, 0.5) is 0 Å². The van der Waals surface area contributed by atoms with E-state index in [-0.39, 0.29) is 18.6 Å². The molecule has 2 aliphatic heterocycles. The zero-order valence-electron chi connectivity index (χ0n) is 15.3. The monoisotopic (exact) mass is 349 g/mol. The van der Waals surface area contributed by atoms with Crippen molar-refractivity contribution < 1.29 is 14.6 Å². The van der Waals surface area contributed by atoms with Crippen LogP contribution in [0.5, 0.6) is 0 Å². The van der Waals surface area contributed by atoms with Gasteiger partial charge >= 0.3 is 0 Å². The van der Waals surface area contributed by atoms with Crippen LogP contribution >= 0.6 is 0 Å². The number of amides is 1. The van der Waals surface area contributed by atoms with E-state index < -0.39 is 0 Å². The van der Waals surface area contributed by atoms with Crippen LogP contribution in [-0.4, -0.2) is 58.1 Å². The summed E-state index contributed by atoms with van der Waals surface area (Å²) in [5, 5.41) is 13.5. The Kier molecular flexibility index (Phi) is 6.48. The average Bonchev–Trinajstić information content (AvgIpc) is 3.10. The number of ether oxygens (including phenoxy) is 1. The number of hydrogen-bond acceptors (Lipinski definition) is 4. The molecule has 2 fully saturated rings. The van der Waals surface area contributed by atoms with Crippen LogP contribution in [-0.2, 0) is 16.1 Å². The molecule has 0 aromatic carbocycles. The maximum Gasteiger partial charge on any atom is 0.225 e. The van der Waals surface area contributed by atoms with Crippen molar-refractivity contribution in [3.05, 3.63) is 18.0 Å². The second-order valence-corrected chi connectivity index (χ2v) is 7.31. The smallest absolute Gasteiger partial charge is 0.225 e. The molecule has 6 nitrogen and oxygen atoms in total. The van der Waals surface area contributed by atoms with Gasteiger partial charge in [0.1, 0.15) is 0 Å². The highest BCUT2D eigenvalue weighted by Crippen LogP contribution is 2.31. The molecule has 6 heteroatoms. The fraction of sp³-hybridized carbons (Fsp3) is 0.789. The van der Waals surface area contributed by atoms with Gasteiger partial charge < -0.3 is 14.7 Å². The first kappa shape index (κ1) is 18.4. The van der Waals surface area contributed by atoms with Gasteiger partial charge in [0, 0.05) is 43.4 Å². The molecule has 0 radical (unpaired) electrons. The fourth-order valence-electron chi connectivity index (χ4n) is 4.25. The van der Waals surface area contributed by atoms with E-state index in [1.807, 2.05) is 10.7 Å². The minimum atomic E-state index is 0.106. The number of carbonyl (C=O) groups is 1. The zero-order valence-corrected chi connectivity index (χ0v) is 15.3. The number of nitrogens with zero attached hydrogens (tertiary/aromatic N) is 3. The Morgan fingerprint density at radius 3 is 2.88 bits per heavy atom. The Morgan fingerprint density at radius 2 is 2.16 bits per heavy atom. The zero-order chi connectivity index (χ0) is 17.6. The maximum absolute atomic E-state index is 12.9. The van der Waals surface area contributed by atoms with E-state index in [0.29, 0.717) is 18.4 Å². The van der Waals surface area contributed by atoms with Crippen LogP contribution in [0, 0.1) is 5.92 Å². The SMILES string of the molecule is CCCC1CC(C(=O)N2CCC(c3ccnn3CCO)CC2)CCO1. The molecule has 1 N–H and O–H groups in total. The summed E-state index contributed by atoms with van der Waals surface area (Å²) < 4.78 is 7.69. The fourth-order valence-corrected chi connectivity index (χ4v) is 4.25. The van der Waals surface area contributed by atoms with Crippen LogP contribution in [0.25, 0.3) is 0 Å². The Labute approximate surface area is 150 Å². The lowest BCUT2D eigenvalue weighted by molar-refractivity contribution is -0.142. The molecule has 25 heavy (non-hydrogen) atoms. The van der Waals surface area contributed by atoms with Crippen molar-refractivity contribution in [2.45, 2.75) is 64.0 Å². The van der Waals surface area contributed by atoms with Crippen molar-refractivity contribution in [1.82, 2.24) is 14.7 Å². The summed E-state index contributed by atoms with van der Waals surface area (Å²) in [7, 11) is 0. The van der Waals surface area contributed by atoms with E-state index in [2.05, 4.69) is 16.9 Å². The number of likely N-dealkylation sites (tertiary alicyclic amines) is 1. The molecule has 3 rings (SSSR count). The van der Waals surface area contributed by atoms with Crippen molar-refractivity contribution in [3.63, 3.8) is 0 Å². The van der Waals surface area contributed by atoms with Crippen molar-refractivity contribution in [2.75, 3.05) is 26.3 Å². The molecule has 140 valence electrons. The molecule has 0 aliphatic carbocycles. The number of rotatable bonds is 6. The van der Waals surface area contributed by atoms with Crippen molar-refractivity contribution in [1.29, 1.82) is 0 Å². The van der Waals surface area contributed by atoms with E-state index >= 15 is 0 Å². The van der Waals surface area contributed by atoms with E-state index in [0.717, 1.165) is 58.2 Å². The number of piperidine rings is 1. The highest BCUT2D eigenvalue weighted by Gasteiger charge is 2.33. The summed E-state index contributed by atoms with van der Waals surface area (Å²) in [4.78, 5) is 14.9. The van der Waals surface area contributed by atoms with Gasteiger partial charge in [-0.2, -0.15) is 5.10 Å². The molecule has 0 bridgehead atoms. The van der Waals surface area contributed by atoms with E-state index in [4.69, 9.17) is 9.84 Å². The minimum absolute atomic E-state index is 0.106. The number of aliphatic hydroxyl groups excluding tert-OH is 1. The normalized spacial score (nSPS) is 25.3. The standard InChI is InChI=1S/C19H31N3O3/c1-2-3-17-14-16(7-13-25-17)19(24)21-9-5-15(6-10-21)18-4-8-20-22(18)11-12-23/h4,8,15-17,23H,2-3,5-7,9-14H2,1H3. The summed E-state index contributed by atoms with van der Waals surface area (Å²) in [6.45, 7) is 5.18. The molecule has 3 heterocycles. The first-order valence-corrected chi connectivity index (χ1v) is 9.75. The second-order valence-electron chi connectivity index (χ2n) is 7.31. The largest absolute Gasteiger partial charge is 0.394 e. The minimum Gasteiger partial charge on any atom is -0.394 e. The molecule has 2 unspecified atom stereocenters. The summed E-state index contributed by atoms with van der Waals surface area (Å²) in [5.74, 6) is 0.897.